The van der Waals surface area contributed by atoms with Crippen LogP contribution in [0.25, 0.3) is 0 Å². The number of aryl methyl sites for hydroxylation is 1. The van der Waals surface area contributed by atoms with Crippen molar-refractivity contribution in [2.75, 3.05) is 25.0 Å². The quantitative estimate of drug-likeness (QED) is 0.729. The highest BCUT2D eigenvalue weighted by Gasteiger charge is 2.27. The summed E-state index contributed by atoms with van der Waals surface area (Å²) in [7, 11) is 0. The number of hydrogen-bond donors (Lipinski definition) is 3. The third-order valence-corrected chi connectivity index (χ3v) is 4.98. The van der Waals surface area contributed by atoms with Crippen molar-refractivity contribution in [3.8, 4) is 0 Å². The van der Waals surface area contributed by atoms with Crippen molar-refractivity contribution in [2.24, 2.45) is 5.41 Å². The average Bonchev–Trinajstić information content (AvgIpc) is 3.17. The normalized spacial score (nSPS) is 15.5. The molecule has 146 valence electrons. The van der Waals surface area contributed by atoms with Gasteiger partial charge in [-0.05, 0) is 68.1 Å². The highest BCUT2D eigenvalue weighted by atomic mass is 35.5. The number of nitrogens with one attached hydrogen (secondary N) is 3. The first kappa shape index (κ1) is 21.0. The minimum atomic E-state index is -0.335. The molecule has 0 spiro atoms. The van der Waals surface area contributed by atoms with E-state index in [1.54, 1.807) is 24.3 Å². The van der Waals surface area contributed by atoms with Gasteiger partial charge in [-0.3, -0.25) is 9.59 Å². The van der Waals surface area contributed by atoms with Crippen molar-refractivity contribution >= 4 is 29.9 Å². The van der Waals surface area contributed by atoms with Gasteiger partial charge in [0, 0.05) is 17.8 Å². The zero-order valence-electron chi connectivity index (χ0n) is 15.6. The molecule has 1 aromatic heterocycles. The third kappa shape index (κ3) is 5.34. The van der Waals surface area contributed by atoms with Crippen LogP contribution >= 0.6 is 12.4 Å². The summed E-state index contributed by atoms with van der Waals surface area (Å²) in [4.78, 5) is 24.7. The van der Waals surface area contributed by atoms with Gasteiger partial charge in [-0.25, -0.2) is 0 Å². The molecule has 0 atom stereocenters. The summed E-state index contributed by atoms with van der Waals surface area (Å²) in [6, 6.07) is 8.57. The Bertz CT molecular complexity index is 784. The van der Waals surface area contributed by atoms with E-state index in [9.17, 15) is 9.59 Å². The van der Waals surface area contributed by atoms with Gasteiger partial charge in [-0.1, -0.05) is 13.0 Å². The molecular weight excluding hydrogens is 366 g/mol. The largest absolute Gasteiger partial charge is 0.459 e. The first-order chi connectivity index (χ1) is 12.5. The molecule has 0 radical (unpaired) electrons. The summed E-state index contributed by atoms with van der Waals surface area (Å²) < 4.78 is 5.11. The first-order valence-electron chi connectivity index (χ1n) is 8.91. The molecule has 1 fully saturated rings. The lowest BCUT2D eigenvalue weighted by atomic mass is 9.81. The van der Waals surface area contributed by atoms with Crippen molar-refractivity contribution in [3.63, 3.8) is 0 Å². The number of halogens is 1. The maximum absolute atomic E-state index is 12.5. The maximum atomic E-state index is 12.5. The van der Waals surface area contributed by atoms with E-state index in [1.165, 1.54) is 6.26 Å². The van der Waals surface area contributed by atoms with Gasteiger partial charge >= 0.3 is 0 Å². The monoisotopic (exact) mass is 391 g/mol. The Hall–Kier alpha value is -2.31. The number of rotatable bonds is 5. The summed E-state index contributed by atoms with van der Waals surface area (Å²) in [5.41, 5.74) is 2.14. The Balaban J connectivity index is 0.00000261. The van der Waals surface area contributed by atoms with Crippen LogP contribution in [0.1, 0.15) is 46.2 Å². The van der Waals surface area contributed by atoms with Crippen molar-refractivity contribution in [3.05, 3.63) is 53.5 Å². The summed E-state index contributed by atoms with van der Waals surface area (Å²) in [6.07, 6.45) is 3.55. The molecule has 2 aromatic rings. The molecule has 0 unspecified atom stereocenters. The second-order valence-electron chi connectivity index (χ2n) is 7.20. The molecule has 0 bridgehead atoms. The fourth-order valence-corrected chi connectivity index (χ4v) is 3.09. The summed E-state index contributed by atoms with van der Waals surface area (Å²) in [5.74, 6) is -0.228. The van der Waals surface area contributed by atoms with Gasteiger partial charge in [0.1, 0.15) is 0 Å². The second kappa shape index (κ2) is 9.06. The van der Waals surface area contributed by atoms with Crippen LogP contribution in [0.15, 0.2) is 41.0 Å². The Kier molecular flexibility index (Phi) is 7.05. The van der Waals surface area contributed by atoms with Crippen molar-refractivity contribution in [1.29, 1.82) is 0 Å². The number of hydrogen-bond acceptors (Lipinski definition) is 4. The predicted molar refractivity (Wildman–Crippen MR) is 108 cm³/mol. The smallest absolute Gasteiger partial charge is 0.291 e. The van der Waals surface area contributed by atoms with Crippen LogP contribution in [0.4, 0.5) is 5.69 Å². The van der Waals surface area contributed by atoms with Crippen molar-refractivity contribution < 1.29 is 14.0 Å². The number of furan rings is 1. The Morgan fingerprint density at radius 3 is 2.59 bits per heavy atom. The number of carbonyl (C=O) groups excluding carboxylic acids is 2. The SMILES string of the molecule is Cc1ccc(C(=O)NCC2(C)CCNCC2)cc1NC(=O)c1ccco1.Cl. The molecule has 3 rings (SSSR count). The standard InChI is InChI=1S/C20H25N3O3.ClH/c1-14-5-6-15(12-16(14)23-19(25)17-4-3-11-26-17)18(24)22-13-20(2)7-9-21-10-8-20;/h3-6,11-12,21H,7-10,13H2,1-2H3,(H,22,24)(H,23,25);1H. The van der Waals surface area contributed by atoms with E-state index < -0.39 is 0 Å². The van der Waals surface area contributed by atoms with Gasteiger partial charge in [-0.2, -0.15) is 0 Å². The van der Waals surface area contributed by atoms with Crippen LogP contribution in [0, 0.1) is 12.3 Å². The molecule has 6 nitrogen and oxygen atoms in total. The average molecular weight is 392 g/mol. The number of benzene rings is 1. The molecule has 1 aliphatic heterocycles. The predicted octanol–water partition coefficient (Wildman–Crippen LogP) is 3.38. The molecule has 1 aromatic carbocycles. The fourth-order valence-electron chi connectivity index (χ4n) is 3.09. The Morgan fingerprint density at radius 1 is 1.19 bits per heavy atom. The van der Waals surface area contributed by atoms with Crippen LogP contribution in [-0.2, 0) is 0 Å². The van der Waals surface area contributed by atoms with Gasteiger partial charge in [0.2, 0.25) is 0 Å². The number of anilines is 1. The van der Waals surface area contributed by atoms with E-state index in [0.717, 1.165) is 31.5 Å². The second-order valence-corrected chi connectivity index (χ2v) is 7.20. The van der Waals surface area contributed by atoms with Crippen LogP contribution in [-0.4, -0.2) is 31.4 Å². The lowest BCUT2D eigenvalue weighted by Gasteiger charge is -2.34. The minimum Gasteiger partial charge on any atom is -0.459 e. The lowest BCUT2D eigenvalue weighted by molar-refractivity contribution is 0.0921. The van der Waals surface area contributed by atoms with Gasteiger partial charge in [-0.15, -0.1) is 12.4 Å². The van der Waals surface area contributed by atoms with Gasteiger partial charge in [0.15, 0.2) is 5.76 Å². The van der Waals surface area contributed by atoms with Crippen LogP contribution in [0.5, 0.6) is 0 Å². The van der Waals surface area contributed by atoms with Gasteiger partial charge < -0.3 is 20.4 Å². The molecule has 27 heavy (non-hydrogen) atoms. The highest BCUT2D eigenvalue weighted by Crippen LogP contribution is 2.27. The molecule has 0 saturated carbocycles. The molecule has 1 aliphatic rings. The fraction of sp³-hybridized carbons (Fsp3) is 0.400. The molecule has 2 heterocycles. The maximum Gasteiger partial charge on any atom is 0.291 e. The molecule has 3 N–H and O–H groups in total. The van der Waals surface area contributed by atoms with Crippen molar-refractivity contribution in [2.45, 2.75) is 26.7 Å². The number of amides is 2. The molecule has 1 saturated heterocycles. The van der Waals surface area contributed by atoms with E-state index in [4.69, 9.17) is 4.42 Å². The van der Waals surface area contributed by atoms with Gasteiger partial charge in [0.25, 0.3) is 11.8 Å². The highest BCUT2D eigenvalue weighted by molar-refractivity contribution is 6.03. The molecule has 0 aliphatic carbocycles. The zero-order chi connectivity index (χ0) is 18.6. The van der Waals surface area contributed by atoms with E-state index in [1.807, 2.05) is 13.0 Å². The third-order valence-electron chi connectivity index (χ3n) is 4.98. The van der Waals surface area contributed by atoms with E-state index >= 15 is 0 Å². The number of carbonyl (C=O) groups is 2. The molecule has 2 amide bonds. The summed E-state index contributed by atoms with van der Waals surface area (Å²) in [5, 5.41) is 9.18. The number of piperidine rings is 1. The molecular formula is C20H26ClN3O3. The molecule has 7 heteroatoms. The Morgan fingerprint density at radius 2 is 1.93 bits per heavy atom. The lowest BCUT2D eigenvalue weighted by Crippen LogP contribution is -2.42. The van der Waals surface area contributed by atoms with Crippen LogP contribution < -0.4 is 16.0 Å². The Labute approximate surface area is 165 Å². The summed E-state index contributed by atoms with van der Waals surface area (Å²) >= 11 is 0. The van der Waals surface area contributed by atoms with E-state index in [0.29, 0.717) is 17.8 Å². The van der Waals surface area contributed by atoms with Crippen molar-refractivity contribution in [1.82, 2.24) is 10.6 Å². The zero-order valence-corrected chi connectivity index (χ0v) is 16.4. The minimum absolute atomic E-state index is 0. The topological polar surface area (TPSA) is 83.4 Å². The van der Waals surface area contributed by atoms with E-state index in [-0.39, 0.29) is 35.4 Å². The van der Waals surface area contributed by atoms with Gasteiger partial charge in [0.05, 0.1) is 6.26 Å². The van der Waals surface area contributed by atoms with Crippen LogP contribution in [0.3, 0.4) is 0 Å². The van der Waals surface area contributed by atoms with Crippen LogP contribution in [0.2, 0.25) is 0 Å². The van der Waals surface area contributed by atoms with E-state index in [2.05, 4.69) is 22.9 Å². The summed E-state index contributed by atoms with van der Waals surface area (Å²) in [6.45, 7) is 6.71. The first-order valence-corrected chi connectivity index (χ1v) is 8.91.